The molecule has 0 heterocycles. The van der Waals surface area contributed by atoms with Crippen LogP contribution >= 0.6 is 0 Å². The van der Waals surface area contributed by atoms with E-state index in [2.05, 4.69) is 0 Å². The van der Waals surface area contributed by atoms with Crippen molar-refractivity contribution in [1.29, 1.82) is 0 Å². The van der Waals surface area contributed by atoms with Gasteiger partial charge in [-0.15, -0.1) is 0 Å². The fraction of sp³-hybridized carbons (Fsp3) is 1.00. The summed E-state index contributed by atoms with van der Waals surface area (Å²) >= 11 is -2.18. The van der Waals surface area contributed by atoms with Gasteiger partial charge in [0.15, 0.2) is 0 Å². The Bertz CT molecular complexity index is 72.8. The first-order valence-electron chi connectivity index (χ1n) is 2.96. The predicted molar refractivity (Wildman–Crippen MR) is 27.4 cm³/mol. The molecule has 0 N–H and O–H groups in total. The monoisotopic (exact) mass is 152 g/mol. The van der Waals surface area contributed by atoms with Crippen molar-refractivity contribution in [2.45, 2.75) is 25.0 Å². The Morgan fingerprint density at radius 1 is 1.50 bits per heavy atom. The van der Waals surface area contributed by atoms with Crippen LogP contribution in [-0.4, -0.2) is 6.61 Å². The second-order valence-electron chi connectivity index (χ2n) is 1.57. The molecule has 0 aliphatic rings. The van der Waals surface area contributed by atoms with E-state index >= 15 is 0 Å². The minimum absolute atomic E-state index is 0.673. The molecule has 0 aromatic rings. The fourth-order valence-electron chi connectivity index (χ4n) is 0.318. The van der Waals surface area contributed by atoms with Crippen molar-refractivity contribution >= 4 is 0 Å². The van der Waals surface area contributed by atoms with Crippen LogP contribution in [0.15, 0.2) is 0 Å². The molecule has 0 fully saturated rings. The minimum atomic E-state index is -2.18. The van der Waals surface area contributed by atoms with Gasteiger partial charge in [0.2, 0.25) is 0 Å². The topological polar surface area (TPSA) is 26.3 Å². The fourth-order valence-corrected chi connectivity index (χ4v) is 1.31. The van der Waals surface area contributed by atoms with Crippen LogP contribution in [0.5, 0.6) is 0 Å². The summed E-state index contributed by atoms with van der Waals surface area (Å²) in [7, 11) is 0. The molecule has 3 heteroatoms. The van der Waals surface area contributed by atoms with Crippen LogP contribution in [0.2, 0.25) is 4.73 Å². The summed E-state index contributed by atoms with van der Waals surface area (Å²) in [5.41, 5.74) is 0. The van der Waals surface area contributed by atoms with Crippen molar-refractivity contribution in [3.8, 4) is 0 Å². The normalized spacial score (nSPS) is 9.25. The second kappa shape index (κ2) is 5.61. The van der Waals surface area contributed by atoms with Crippen molar-refractivity contribution < 1.29 is 24.9 Å². The third-order valence-electron chi connectivity index (χ3n) is 0.756. The maximum atomic E-state index is 10.6. The van der Waals surface area contributed by atoms with Crippen molar-refractivity contribution in [2.24, 2.45) is 0 Å². The molecule has 0 amide bonds. The molecule has 0 aromatic carbocycles. The molecule has 0 aromatic heterocycles. The average Bonchev–Trinajstić information content (AvgIpc) is 1.83. The molecule has 8 heavy (non-hydrogen) atoms. The Hall–Kier alpha value is 0.474. The van der Waals surface area contributed by atoms with Crippen LogP contribution in [0.1, 0.15) is 20.3 Å². The quantitative estimate of drug-likeness (QED) is 0.573. The van der Waals surface area contributed by atoms with Gasteiger partial charge < -0.3 is 0 Å². The molecule has 0 atom stereocenters. The van der Waals surface area contributed by atoms with Crippen molar-refractivity contribution in [2.75, 3.05) is 6.61 Å². The van der Waals surface area contributed by atoms with Crippen LogP contribution in [0.25, 0.3) is 0 Å². The van der Waals surface area contributed by atoms with E-state index < -0.39 is 18.2 Å². The summed E-state index contributed by atoms with van der Waals surface area (Å²) in [5, 5.41) is 0. The molecule has 0 aliphatic heterocycles. The molecule has 0 bridgehead atoms. The first kappa shape index (κ1) is 8.47. The maximum absolute atomic E-state index is 10.6. The molecule has 0 saturated carbocycles. The van der Waals surface area contributed by atoms with Gasteiger partial charge in [-0.25, -0.2) is 0 Å². The molecule has 0 radical (unpaired) electrons. The van der Waals surface area contributed by atoms with Gasteiger partial charge in [0.05, 0.1) is 0 Å². The van der Waals surface area contributed by atoms with Gasteiger partial charge in [0.1, 0.15) is 0 Å². The Kier molecular flexibility index (Phi) is 5.94. The van der Waals surface area contributed by atoms with E-state index in [1.54, 1.807) is 0 Å². The molecule has 0 rings (SSSR count). The summed E-state index contributed by atoms with van der Waals surface area (Å²) in [6, 6.07) is 0. The van der Waals surface area contributed by atoms with Gasteiger partial charge in [0, 0.05) is 0 Å². The van der Waals surface area contributed by atoms with E-state index in [4.69, 9.17) is 3.32 Å². The standard InChI is InChI=1S/C3H7O.C2H5.O.Ti/c1-2-3-4;1-2;;/h2-3H2,1H3;1H2,2H3;;/q-1;;;+1. The Balaban J connectivity index is 2.99. The zero-order chi connectivity index (χ0) is 6.41. The first-order chi connectivity index (χ1) is 3.81. The summed E-state index contributed by atoms with van der Waals surface area (Å²) in [5.74, 6) is 0. The van der Waals surface area contributed by atoms with E-state index in [1.165, 1.54) is 0 Å². The van der Waals surface area contributed by atoms with Gasteiger partial charge in [-0.05, 0) is 0 Å². The second-order valence-corrected chi connectivity index (χ2v) is 4.29. The number of hydrogen-bond donors (Lipinski definition) is 0. The summed E-state index contributed by atoms with van der Waals surface area (Å²) in [6.07, 6.45) is 0.971. The van der Waals surface area contributed by atoms with E-state index in [9.17, 15) is 3.32 Å². The molecular formula is C5H12O2Ti. The Labute approximate surface area is 56.9 Å². The van der Waals surface area contributed by atoms with Gasteiger partial charge >= 0.3 is 56.5 Å². The van der Waals surface area contributed by atoms with Gasteiger partial charge in [0.25, 0.3) is 0 Å². The van der Waals surface area contributed by atoms with Crippen LogP contribution in [0.3, 0.4) is 0 Å². The van der Waals surface area contributed by atoms with Crippen molar-refractivity contribution in [3.63, 3.8) is 0 Å². The third kappa shape index (κ3) is 4.63. The Morgan fingerprint density at radius 3 is 2.50 bits per heavy atom. The zero-order valence-electron chi connectivity index (χ0n) is 5.44. The number of rotatable bonds is 4. The molecule has 48 valence electrons. The molecule has 0 unspecified atom stereocenters. The first-order valence-corrected chi connectivity index (χ1v) is 5.34. The van der Waals surface area contributed by atoms with Gasteiger partial charge in [-0.1, -0.05) is 0 Å². The molecular weight excluding hydrogens is 140 g/mol. The van der Waals surface area contributed by atoms with Gasteiger partial charge in [-0.2, -0.15) is 0 Å². The van der Waals surface area contributed by atoms with E-state index in [1.807, 2.05) is 13.8 Å². The molecule has 0 aliphatic carbocycles. The van der Waals surface area contributed by atoms with E-state index in [0.717, 1.165) is 11.1 Å². The third-order valence-corrected chi connectivity index (χ3v) is 2.48. The van der Waals surface area contributed by atoms with Crippen LogP contribution in [0, 0.1) is 0 Å². The average molecular weight is 152 g/mol. The molecule has 2 nitrogen and oxygen atoms in total. The predicted octanol–water partition coefficient (Wildman–Crippen LogP) is 1.73. The van der Waals surface area contributed by atoms with Gasteiger partial charge in [-0.3, -0.25) is 0 Å². The van der Waals surface area contributed by atoms with Crippen LogP contribution in [0.4, 0.5) is 0 Å². The molecule has 0 spiro atoms. The Morgan fingerprint density at radius 2 is 2.12 bits per heavy atom. The van der Waals surface area contributed by atoms with Crippen LogP contribution in [-0.2, 0) is 24.9 Å². The van der Waals surface area contributed by atoms with Crippen molar-refractivity contribution in [3.05, 3.63) is 0 Å². The van der Waals surface area contributed by atoms with E-state index in [-0.39, 0.29) is 0 Å². The van der Waals surface area contributed by atoms with Crippen molar-refractivity contribution in [1.82, 2.24) is 0 Å². The summed E-state index contributed by atoms with van der Waals surface area (Å²) in [6.45, 7) is 4.59. The number of hydrogen-bond acceptors (Lipinski definition) is 2. The zero-order valence-corrected chi connectivity index (χ0v) is 7.00. The van der Waals surface area contributed by atoms with E-state index in [0.29, 0.717) is 6.61 Å². The summed E-state index contributed by atoms with van der Waals surface area (Å²) in [4.78, 5) is 0. The summed E-state index contributed by atoms with van der Waals surface area (Å²) < 4.78 is 16.3. The molecule has 0 saturated heterocycles. The van der Waals surface area contributed by atoms with Crippen LogP contribution < -0.4 is 0 Å². The SMILES string of the molecule is CCC[O][Ti](=[O])[CH2]C.